The molecule has 2 aromatic rings. The van der Waals surface area contributed by atoms with Gasteiger partial charge in [0.25, 0.3) is 0 Å². The Balaban J connectivity index is 1.57. The smallest absolute Gasteiger partial charge is 0.191 e. The van der Waals surface area contributed by atoms with E-state index in [1.165, 1.54) is 16.7 Å². The van der Waals surface area contributed by atoms with Crippen molar-refractivity contribution in [3.05, 3.63) is 71.3 Å². The summed E-state index contributed by atoms with van der Waals surface area (Å²) in [5.41, 5.74) is 3.80. The number of hydrogen-bond donors (Lipinski definition) is 2. The summed E-state index contributed by atoms with van der Waals surface area (Å²) >= 11 is 0. The van der Waals surface area contributed by atoms with Crippen LogP contribution in [0.4, 0.5) is 0 Å². The predicted octanol–water partition coefficient (Wildman–Crippen LogP) is 3.94. The molecule has 1 saturated heterocycles. The quantitative estimate of drug-likeness (QED) is 0.513. The van der Waals surface area contributed by atoms with E-state index in [1.807, 2.05) is 0 Å². The Kier molecular flexibility index (Phi) is 8.72. The number of guanidine groups is 1. The van der Waals surface area contributed by atoms with Gasteiger partial charge in [0.15, 0.2) is 5.96 Å². The van der Waals surface area contributed by atoms with Crippen LogP contribution in [-0.2, 0) is 24.4 Å². The molecule has 5 heteroatoms. The van der Waals surface area contributed by atoms with Crippen molar-refractivity contribution in [3.63, 3.8) is 0 Å². The number of likely N-dealkylation sites (tertiary alicyclic amines) is 1. The molecule has 5 nitrogen and oxygen atoms in total. The summed E-state index contributed by atoms with van der Waals surface area (Å²) in [6.45, 7) is 8.70. The molecule has 1 heterocycles. The van der Waals surface area contributed by atoms with Gasteiger partial charge in [0.2, 0.25) is 0 Å². The van der Waals surface area contributed by atoms with Crippen LogP contribution >= 0.6 is 0 Å². The van der Waals surface area contributed by atoms with Crippen molar-refractivity contribution >= 4 is 5.96 Å². The number of benzene rings is 2. The molecule has 1 aliphatic rings. The molecule has 1 aliphatic heterocycles. The molecule has 0 saturated carbocycles. The number of nitrogens with zero attached hydrogens (tertiary/aromatic N) is 2. The molecule has 2 N–H and O–H groups in total. The summed E-state index contributed by atoms with van der Waals surface area (Å²) in [5, 5.41) is 7.09. The van der Waals surface area contributed by atoms with Crippen molar-refractivity contribution in [2.45, 2.75) is 58.5 Å². The summed E-state index contributed by atoms with van der Waals surface area (Å²) in [6.07, 6.45) is 2.25. The maximum atomic E-state index is 5.32. The molecular weight excluding hydrogens is 372 g/mol. The maximum absolute atomic E-state index is 5.32. The molecule has 0 bridgehead atoms. The van der Waals surface area contributed by atoms with Crippen LogP contribution in [0.5, 0.6) is 0 Å². The highest BCUT2D eigenvalue weighted by Gasteiger charge is 2.26. The first-order chi connectivity index (χ1) is 14.7. The van der Waals surface area contributed by atoms with Gasteiger partial charge in [-0.2, -0.15) is 0 Å². The zero-order valence-electron chi connectivity index (χ0n) is 18.6. The third-order valence-corrected chi connectivity index (χ3v) is 5.75. The summed E-state index contributed by atoms with van der Waals surface area (Å²) < 4.78 is 5.32. The van der Waals surface area contributed by atoms with Crippen LogP contribution in [0.2, 0.25) is 0 Å². The first-order valence-corrected chi connectivity index (χ1v) is 11.1. The maximum Gasteiger partial charge on any atom is 0.191 e. The largest absolute Gasteiger partial charge is 0.380 e. The van der Waals surface area contributed by atoms with E-state index >= 15 is 0 Å². The summed E-state index contributed by atoms with van der Waals surface area (Å²) in [5.74, 6) is 0.901. The van der Waals surface area contributed by atoms with Gasteiger partial charge in [-0.15, -0.1) is 0 Å². The van der Waals surface area contributed by atoms with E-state index in [1.54, 1.807) is 7.11 Å². The predicted molar refractivity (Wildman–Crippen MR) is 124 cm³/mol. The number of piperidine rings is 1. The summed E-state index contributed by atoms with van der Waals surface area (Å²) in [4.78, 5) is 7.44. The van der Waals surface area contributed by atoms with E-state index in [0.29, 0.717) is 25.2 Å². The Labute approximate surface area is 181 Å². The lowest BCUT2D eigenvalue weighted by Crippen LogP contribution is -2.51. The molecule has 30 heavy (non-hydrogen) atoms. The molecule has 0 aromatic heterocycles. The van der Waals surface area contributed by atoms with Gasteiger partial charge in [-0.05, 0) is 43.4 Å². The minimum absolute atomic E-state index is 0.444. The summed E-state index contributed by atoms with van der Waals surface area (Å²) in [7, 11) is 1.73. The lowest BCUT2D eigenvalue weighted by molar-refractivity contribution is 0.134. The fourth-order valence-electron chi connectivity index (χ4n) is 4.09. The van der Waals surface area contributed by atoms with Crippen molar-refractivity contribution < 1.29 is 4.74 Å². The molecule has 2 unspecified atom stereocenters. The molecule has 2 atom stereocenters. The molecule has 1 fully saturated rings. The van der Waals surface area contributed by atoms with Crippen molar-refractivity contribution in [2.24, 2.45) is 4.99 Å². The van der Waals surface area contributed by atoms with Crippen LogP contribution in [0.1, 0.15) is 43.4 Å². The molecule has 162 valence electrons. The van der Waals surface area contributed by atoms with Crippen LogP contribution in [0.25, 0.3) is 0 Å². The second-order valence-corrected chi connectivity index (χ2v) is 8.07. The lowest BCUT2D eigenvalue weighted by atomic mass is 9.97. The van der Waals surface area contributed by atoms with E-state index in [2.05, 4.69) is 84.0 Å². The highest BCUT2D eigenvalue weighted by molar-refractivity contribution is 5.80. The van der Waals surface area contributed by atoms with E-state index in [4.69, 9.17) is 9.73 Å². The first kappa shape index (κ1) is 22.3. The van der Waals surface area contributed by atoms with Gasteiger partial charge in [-0.25, -0.2) is 4.99 Å². The average Bonchev–Trinajstić information content (AvgIpc) is 2.76. The van der Waals surface area contributed by atoms with Crippen LogP contribution < -0.4 is 10.6 Å². The van der Waals surface area contributed by atoms with Gasteiger partial charge in [-0.1, -0.05) is 54.6 Å². The first-order valence-electron chi connectivity index (χ1n) is 11.1. The SMILES string of the molecule is CCNC(=NCc1ccccc1COC)NC1CCN(Cc2ccccc2)C(C)C1. The second-order valence-electron chi connectivity index (χ2n) is 8.07. The van der Waals surface area contributed by atoms with E-state index < -0.39 is 0 Å². The molecule has 0 amide bonds. The molecule has 2 aromatic carbocycles. The highest BCUT2D eigenvalue weighted by Crippen LogP contribution is 2.20. The zero-order valence-corrected chi connectivity index (χ0v) is 18.6. The van der Waals surface area contributed by atoms with Crippen molar-refractivity contribution in [1.29, 1.82) is 0 Å². The fourth-order valence-corrected chi connectivity index (χ4v) is 4.09. The Morgan fingerprint density at radius 1 is 1.10 bits per heavy atom. The number of hydrogen-bond acceptors (Lipinski definition) is 3. The minimum Gasteiger partial charge on any atom is -0.380 e. The molecule has 0 spiro atoms. The number of rotatable bonds is 8. The van der Waals surface area contributed by atoms with Crippen molar-refractivity contribution in [1.82, 2.24) is 15.5 Å². The van der Waals surface area contributed by atoms with Crippen LogP contribution in [0, 0.1) is 0 Å². The van der Waals surface area contributed by atoms with Gasteiger partial charge < -0.3 is 15.4 Å². The Morgan fingerprint density at radius 3 is 2.53 bits per heavy atom. The molecule has 3 rings (SSSR count). The topological polar surface area (TPSA) is 48.9 Å². The highest BCUT2D eigenvalue weighted by atomic mass is 16.5. The van der Waals surface area contributed by atoms with Gasteiger partial charge in [0, 0.05) is 38.8 Å². The van der Waals surface area contributed by atoms with Crippen LogP contribution in [0.3, 0.4) is 0 Å². The molecule has 0 aliphatic carbocycles. The standard InChI is InChI=1S/C25H36N4O/c1-4-26-25(27-17-22-12-8-9-13-23(22)19-30-3)28-24-14-15-29(20(2)16-24)18-21-10-6-5-7-11-21/h5-13,20,24H,4,14-19H2,1-3H3,(H2,26,27,28). The average molecular weight is 409 g/mol. The Morgan fingerprint density at radius 2 is 1.83 bits per heavy atom. The van der Waals surface area contributed by atoms with Gasteiger partial charge in [0.1, 0.15) is 0 Å². The molecule has 0 radical (unpaired) electrons. The third-order valence-electron chi connectivity index (χ3n) is 5.75. The minimum atomic E-state index is 0.444. The number of aliphatic imine (C=N–C) groups is 1. The van der Waals surface area contributed by atoms with Crippen molar-refractivity contribution in [3.8, 4) is 0 Å². The fraction of sp³-hybridized carbons (Fsp3) is 0.480. The molecular formula is C25H36N4O. The van der Waals surface area contributed by atoms with E-state index in [9.17, 15) is 0 Å². The van der Waals surface area contributed by atoms with Crippen LogP contribution in [0.15, 0.2) is 59.6 Å². The number of methoxy groups -OCH3 is 1. The third kappa shape index (κ3) is 6.57. The normalized spacial score (nSPS) is 20.2. The van der Waals surface area contributed by atoms with Gasteiger partial charge >= 0.3 is 0 Å². The van der Waals surface area contributed by atoms with Crippen LogP contribution in [-0.4, -0.2) is 43.1 Å². The monoisotopic (exact) mass is 408 g/mol. The van der Waals surface area contributed by atoms with Gasteiger partial charge in [0.05, 0.1) is 13.2 Å². The number of ether oxygens (including phenoxy) is 1. The zero-order chi connectivity index (χ0) is 21.2. The van der Waals surface area contributed by atoms with Crippen molar-refractivity contribution in [2.75, 3.05) is 20.2 Å². The Bertz CT molecular complexity index is 793. The summed E-state index contributed by atoms with van der Waals surface area (Å²) in [6, 6.07) is 20.1. The number of nitrogens with one attached hydrogen (secondary N) is 2. The lowest BCUT2D eigenvalue weighted by Gasteiger charge is -2.38. The van der Waals surface area contributed by atoms with E-state index in [0.717, 1.165) is 38.4 Å². The second kappa shape index (κ2) is 11.7. The van der Waals surface area contributed by atoms with Gasteiger partial charge in [-0.3, -0.25) is 4.90 Å². The van der Waals surface area contributed by atoms with E-state index in [-0.39, 0.29) is 0 Å². The Hall–Kier alpha value is -2.37.